The average molecular weight is 280 g/mol. The van der Waals surface area contributed by atoms with E-state index in [1.165, 1.54) is 90.1 Å². The van der Waals surface area contributed by atoms with Crippen LogP contribution in [0.5, 0.6) is 0 Å². The highest BCUT2D eigenvalue weighted by atomic mass is 15.2. The molecule has 118 valence electrons. The monoisotopic (exact) mass is 280 g/mol. The molecule has 1 unspecified atom stereocenters. The first-order valence-electron chi connectivity index (χ1n) is 9.22. The van der Waals surface area contributed by atoms with E-state index in [0.717, 1.165) is 12.5 Å². The van der Waals surface area contributed by atoms with Gasteiger partial charge in [0.1, 0.15) is 0 Å². The summed E-state index contributed by atoms with van der Waals surface area (Å²) in [5, 5.41) is 0. The van der Waals surface area contributed by atoms with E-state index in [1.54, 1.807) is 0 Å². The third kappa shape index (κ3) is 4.46. The summed E-state index contributed by atoms with van der Waals surface area (Å²) in [5.41, 5.74) is 6.64. The molecule has 0 bridgehead atoms. The Hall–Kier alpha value is -0.0800. The summed E-state index contributed by atoms with van der Waals surface area (Å²) in [6, 6.07) is 0. The molecule has 1 saturated heterocycles. The lowest BCUT2D eigenvalue weighted by atomic mass is 9.84. The van der Waals surface area contributed by atoms with E-state index >= 15 is 0 Å². The lowest BCUT2D eigenvalue weighted by Gasteiger charge is -2.42. The second-order valence-electron chi connectivity index (χ2n) is 7.45. The van der Waals surface area contributed by atoms with Gasteiger partial charge in [0.25, 0.3) is 0 Å². The van der Waals surface area contributed by atoms with Crippen LogP contribution in [0, 0.1) is 5.92 Å². The van der Waals surface area contributed by atoms with Crippen molar-refractivity contribution in [1.29, 1.82) is 0 Å². The van der Waals surface area contributed by atoms with E-state index in [9.17, 15) is 0 Å². The zero-order valence-electron chi connectivity index (χ0n) is 13.7. The smallest absolute Gasteiger partial charge is 0.0331 e. The first kappa shape index (κ1) is 16.3. The van der Waals surface area contributed by atoms with E-state index in [-0.39, 0.29) is 0 Å². The third-order valence-corrected chi connectivity index (χ3v) is 5.76. The van der Waals surface area contributed by atoms with Crippen LogP contribution >= 0.6 is 0 Å². The molecule has 20 heavy (non-hydrogen) atoms. The molecule has 2 heteroatoms. The fourth-order valence-corrected chi connectivity index (χ4v) is 4.29. The summed E-state index contributed by atoms with van der Waals surface area (Å²) in [7, 11) is 0. The minimum absolute atomic E-state index is 0.337. The predicted octanol–water partition coefficient (Wildman–Crippen LogP) is 4.33. The maximum atomic E-state index is 6.30. The fourth-order valence-electron chi connectivity index (χ4n) is 4.29. The van der Waals surface area contributed by atoms with Gasteiger partial charge < -0.3 is 5.73 Å². The van der Waals surface area contributed by atoms with E-state index < -0.39 is 0 Å². The van der Waals surface area contributed by atoms with Gasteiger partial charge in [-0.2, -0.15) is 0 Å². The lowest BCUT2D eigenvalue weighted by Crippen LogP contribution is -2.53. The molecule has 2 nitrogen and oxygen atoms in total. The highest BCUT2D eigenvalue weighted by Gasteiger charge is 2.37. The van der Waals surface area contributed by atoms with Gasteiger partial charge in [-0.15, -0.1) is 0 Å². The van der Waals surface area contributed by atoms with Gasteiger partial charge in [-0.05, 0) is 31.7 Å². The van der Waals surface area contributed by atoms with Crippen LogP contribution in [0.1, 0.15) is 84.0 Å². The number of hydrogen-bond acceptors (Lipinski definition) is 2. The molecular weight excluding hydrogens is 244 g/mol. The van der Waals surface area contributed by atoms with Crippen LogP contribution < -0.4 is 5.73 Å². The van der Waals surface area contributed by atoms with Crippen LogP contribution in [0.2, 0.25) is 0 Å². The molecule has 1 aliphatic carbocycles. The number of hydrogen-bond donors (Lipinski definition) is 1. The molecular formula is C18H36N2. The Morgan fingerprint density at radius 1 is 0.900 bits per heavy atom. The van der Waals surface area contributed by atoms with Crippen LogP contribution in [0.3, 0.4) is 0 Å². The van der Waals surface area contributed by atoms with E-state index in [0.29, 0.717) is 5.54 Å². The molecule has 2 aliphatic rings. The van der Waals surface area contributed by atoms with Crippen LogP contribution in [-0.2, 0) is 0 Å². The molecule has 0 radical (unpaired) electrons. The highest BCUT2D eigenvalue weighted by Crippen LogP contribution is 2.33. The largest absolute Gasteiger partial charge is 0.329 e. The summed E-state index contributed by atoms with van der Waals surface area (Å²) in [6.07, 6.45) is 16.9. The van der Waals surface area contributed by atoms with Crippen LogP contribution in [-0.4, -0.2) is 30.1 Å². The Bertz CT molecular complexity index is 252. The summed E-state index contributed by atoms with van der Waals surface area (Å²) < 4.78 is 0. The van der Waals surface area contributed by atoms with Crippen molar-refractivity contribution in [2.24, 2.45) is 11.7 Å². The lowest BCUT2D eigenvalue weighted by molar-refractivity contribution is 0.0925. The van der Waals surface area contributed by atoms with Gasteiger partial charge in [0, 0.05) is 18.6 Å². The molecule has 0 aromatic rings. The van der Waals surface area contributed by atoms with Crippen LogP contribution in [0.4, 0.5) is 0 Å². The highest BCUT2D eigenvalue weighted by molar-refractivity contribution is 4.95. The van der Waals surface area contributed by atoms with Gasteiger partial charge >= 0.3 is 0 Å². The van der Waals surface area contributed by atoms with Crippen molar-refractivity contribution >= 4 is 0 Å². The van der Waals surface area contributed by atoms with Crippen molar-refractivity contribution in [2.45, 2.75) is 89.5 Å². The SMILES string of the molecule is CC1CCN(C2(CN)CCCCCCCCCCC2)C1. The van der Waals surface area contributed by atoms with Crippen molar-refractivity contribution in [3.8, 4) is 0 Å². The summed E-state index contributed by atoms with van der Waals surface area (Å²) in [5.74, 6) is 0.875. The molecule has 0 amide bonds. The Morgan fingerprint density at radius 2 is 1.40 bits per heavy atom. The van der Waals surface area contributed by atoms with Crippen molar-refractivity contribution in [2.75, 3.05) is 19.6 Å². The summed E-state index contributed by atoms with van der Waals surface area (Å²) in [6.45, 7) is 5.86. The predicted molar refractivity (Wildman–Crippen MR) is 87.9 cm³/mol. The van der Waals surface area contributed by atoms with E-state index in [1.807, 2.05) is 0 Å². The van der Waals surface area contributed by atoms with Gasteiger partial charge in [-0.1, -0.05) is 64.7 Å². The molecule has 2 fully saturated rings. The Kier molecular flexibility index (Phi) is 6.83. The van der Waals surface area contributed by atoms with Crippen LogP contribution in [0.15, 0.2) is 0 Å². The molecule has 1 heterocycles. The van der Waals surface area contributed by atoms with Crippen LogP contribution in [0.25, 0.3) is 0 Å². The first-order valence-corrected chi connectivity index (χ1v) is 9.22. The number of nitrogens with zero attached hydrogens (tertiary/aromatic N) is 1. The number of likely N-dealkylation sites (tertiary alicyclic amines) is 1. The Labute approximate surface area is 126 Å². The first-order chi connectivity index (χ1) is 9.77. The van der Waals surface area contributed by atoms with E-state index in [4.69, 9.17) is 5.73 Å². The molecule has 0 spiro atoms. The van der Waals surface area contributed by atoms with E-state index in [2.05, 4.69) is 11.8 Å². The quantitative estimate of drug-likeness (QED) is 0.815. The second-order valence-corrected chi connectivity index (χ2v) is 7.45. The average Bonchev–Trinajstić information content (AvgIpc) is 2.87. The number of nitrogens with two attached hydrogens (primary N) is 1. The Balaban J connectivity index is 1.97. The van der Waals surface area contributed by atoms with Gasteiger partial charge in [-0.3, -0.25) is 4.90 Å². The maximum Gasteiger partial charge on any atom is 0.0331 e. The van der Waals surface area contributed by atoms with Crippen molar-refractivity contribution in [3.63, 3.8) is 0 Å². The topological polar surface area (TPSA) is 29.3 Å². The third-order valence-electron chi connectivity index (χ3n) is 5.76. The zero-order chi connectivity index (χ0) is 14.3. The van der Waals surface area contributed by atoms with Gasteiger partial charge in [0.15, 0.2) is 0 Å². The second kappa shape index (κ2) is 8.38. The van der Waals surface area contributed by atoms with Crippen molar-refractivity contribution < 1.29 is 0 Å². The van der Waals surface area contributed by atoms with Crippen molar-refractivity contribution in [3.05, 3.63) is 0 Å². The maximum absolute atomic E-state index is 6.30. The minimum atomic E-state index is 0.337. The molecule has 1 atom stereocenters. The normalized spacial score (nSPS) is 30.6. The molecule has 0 aromatic carbocycles. The molecule has 1 saturated carbocycles. The fraction of sp³-hybridized carbons (Fsp3) is 1.00. The van der Waals surface area contributed by atoms with Gasteiger partial charge in [0.05, 0.1) is 0 Å². The molecule has 2 N–H and O–H groups in total. The van der Waals surface area contributed by atoms with Gasteiger partial charge in [-0.25, -0.2) is 0 Å². The summed E-state index contributed by atoms with van der Waals surface area (Å²) >= 11 is 0. The Morgan fingerprint density at radius 3 is 1.80 bits per heavy atom. The summed E-state index contributed by atoms with van der Waals surface area (Å²) in [4.78, 5) is 2.77. The molecule has 0 aromatic heterocycles. The standard InChI is InChI=1S/C18H36N2/c1-17-11-14-20(15-17)18(16-19)12-9-7-5-3-2-4-6-8-10-13-18/h17H,2-16,19H2,1H3. The zero-order valence-corrected chi connectivity index (χ0v) is 13.7. The number of rotatable bonds is 2. The van der Waals surface area contributed by atoms with Gasteiger partial charge in [0.2, 0.25) is 0 Å². The molecule has 2 rings (SSSR count). The molecule has 1 aliphatic heterocycles. The minimum Gasteiger partial charge on any atom is -0.329 e. The van der Waals surface area contributed by atoms with Crippen molar-refractivity contribution in [1.82, 2.24) is 4.90 Å².